The summed E-state index contributed by atoms with van der Waals surface area (Å²) in [4.78, 5) is 15.1. The normalized spacial score (nSPS) is 10.6. The van der Waals surface area contributed by atoms with Crippen LogP contribution in [-0.2, 0) is 0 Å². The number of benzene rings is 2. The van der Waals surface area contributed by atoms with E-state index in [-0.39, 0.29) is 5.69 Å². The van der Waals surface area contributed by atoms with Gasteiger partial charge in [0, 0.05) is 23.3 Å². The summed E-state index contributed by atoms with van der Waals surface area (Å²) in [5.41, 5.74) is 3.03. The van der Waals surface area contributed by atoms with Crippen LogP contribution >= 0.6 is 23.1 Å². The van der Waals surface area contributed by atoms with Gasteiger partial charge in [0.25, 0.3) is 5.69 Å². The molecule has 0 aliphatic heterocycles. The van der Waals surface area contributed by atoms with E-state index in [0.29, 0.717) is 0 Å². The zero-order valence-corrected chi connectivity index (χ0v) is 13.4. The number of non-ortho nitro benzene ring substituents is 1. The van der Waals surface area contributed by atoms with Crippen molar-refractivity contribution in [1.82, 2.24) is 4.98 Å². The lowest BCUT2D eigenvalue weighted by molar-refractivity contribution is -0.384. The van der Waals surface area contributed by atoms with Crippen molar-refractivity contribution in [3.05, 3.63) is 64.7 Å². The highest BCUT2D eigenvalue weighted by Gasteiger charge is 2.14. The molecular weight excluding hydrogens is 316 g/mol. The number of hydrogen-bond donors (Lipinski definition) is 0. The third-order valence-electron chi connectivity index (χ3n) is 3.15. The summed E-state index contributed by atoms with van der Waals surface area (Å²) in [6.45, 7) is 0. The highest BCUT2D eigenvalue weighted by Crippen LogP contribution is 2.39. The van der Waals surface area contributed by atoms with Gasteiger partial charge in [0.2, 0.25) is 0 Å². The Bertz CT molecular complexity index is 799. The van der Waals surface area contributed by atoms with E-state index in [0.717, 1.165) is 26.0 Å². The van der Waals surface area contributed by atoms with Gasteiger partial charge in [0.05, 0.1) is 14.8 Å². The molecule has 110 valence electrons. The van der Waals surface area contributed by atoms with Crippen molar-refractivity contribution in [2.45, 2.75) is 4.21 Å². The van der Waals surface area contributed by atoms with Crippen molar-refractivity contribution in [2.24, 2.45) is 0 Å². The second-order valence-electron chi connectivity index (χ2n) is 4.53. The molecule has 1 aromatic heterocycles. The van der Waals surface area contributed by atoms with Crippen LogP contribution in [0.25, 0.3) is 21.8 Å². The zero-order chi connectivity index (χ0) is 15.5. The number of nitrogens with zero attached hydrogens (tertiary/aromatic N) is 2. The Kier molecular flexibility index (Phi) is 4.22. The third-order valence-corrected chi connectivity index (χ3v) is 5.37. The molecule has 2 aromatic carbocycles. The number of thiazole rings is 1. The van der Waals surface area contributed by atoms with Gasteiger partial charge in [-0.3, -0.25) is 10.1 Å². The summed E-state index contributed by atoms with van der Waals surface area (Å²) in [6.07, 6.45) is 2.03. The minimum atomic E-state index is -0.394. The predicted octanol–water partition coefficient (Wildman–Crippen LogP) is 5.11. The van der Waals surface area contributed by atoms with Gasteiger partial charge < -0.3 is 0 Å². The van der Waals surface area contributed by atoms with E-state index in [9.17, 15) is 10.1 Å². The maximum absolute atomic E-state index is 10.7. The quantitative estimate of drug-likeness (QED) is 0.379. The minimum Gasteiger partial charge on any atom is -0.258 e. The number of thioether (sulfide) groups is 1. The van der Waals surface area contributed by atoms with Gasteiger partial charge in [0.15, 0.2) is 0 Å². The molecule has 0 amide bonds. The fourth-order valence-electron chi connectivity index (χ4n) is 2.07. The third kappa shape index (κ3) is 2.88. The molecule has 1 heterocycles. The van der Waals surface area contributed by atoms with E-state index >= 15 is 0 Å². The molecule has 6 heteroatoms. The molecule has 3 rings (SSSR count). The predicted molar refractivity (Wildman–Crippen MR) is 91.4 cm³/mol. The standard InChI is InChI=1S/C16H12N2O2S2/c1-21-16-14(11-5-3-2-4-6-11)17-15(22-16)12-7-9-13(10-8-12)18(19)20/h2-10H,1H3. The lowest BCUT2D eigenvalue weighted by atomic mass is 10.2. The topological polar surface area (TPSA) is 56.0 Å². The Morgan fingerprint density at radius 3 is 2.32 bits per heavy atom. The van der Waals surface area contributed by atoms with E-state index in [1.807, 2.05) is 36.6 Å². The van der Waals surface area contributed by atoms with Crippen LogP contribution in [0.15, 0.2) is 58.8 Å². The molecule has 0 bridgehead atoms. The molecule has 0 aliphatic rings. The Balaban J connectivity index is 2.02. The van der Waals surface area contributed by atoms with Crippen LogP contribution < -0.4 is 0 Å². The zero-order valence-electron chi connectivity index (χ0n) is 11.7. The summed E-state index contributed by atoms with van der Waals surface area (Å²) in [6, 6.07) is 16.5. The van der Waals surface area contributed by atoms with Crippen molar-refractivity contribution in [2.75, 3.05) is 6.26 Å². The molecule has 0 unspecified atom stereocenters. The molecule has 0 saturated carbocycles. The van der Waals surface area contributed by atoms with Gasteiger partial charge >= 0.3 is 0 Å². The largest absolute Gasteiger partial charge is 0.269 e. The number of nitro groups is 1. The van der Waals surface area contributed by atoms with Gasteiger partial charge in [-0.1, -0.05) is 30.3 Å². The SMILES string of the molecule is CSc1sc(-c2ccc([N+](=O)[O-])cc2)nc1-c1ccccc1. The summed E-state index contributed by atoms with van der Waals surface area (Å²) in [7, 11) is 0. The first-order valence-electron chi connectivity index (χ1n) is 6.54. The van der Waals surface area contributed by atoms with Crippen molar-refractivity contribution in [1.29, 1.82) is 0 Å². The van der Waals surface area contributed by atoms with E-state index in [2.05, 4.69) is 0 Å². The van der Waals surface area contributed by atoms with Crippen LogP contribution in [0.1, 0.15) is 0 Å². The van der Waals surface area contributed by atoms with Crippen molar-refractivity contribution < 1.29 is 4.92 Å². The lowest BCUT2D eigenvalue weighted by Gasteiger charge is -1.98. The smallest absolute Gasteiger partial charge is 0.258 e. The molecule has 0 saturated heterocycles. The molecule has 0 fully saturated rings. The van der Waals surface area contributed by atoms with Crippen LogP contribution in [0, 0.1) is 10.1 Å². The molecular formula is C16H12N2O2S2. The van der Waals surface area contributed by atoms with E-state index in [1.54, 1.807) is 35.2 Å². The molecule has 0 spiro atoms. The van der Waals surface area contributed by atoms with Crippen LogP contribution in [0.2, 0.25) is 0 Å². The first-order chi connectivity index (χ1) is 10.7. The van der Waals surface area contributed by atoms with E-state index in [4.69, 9.17) is 4.98 Å². The van der Waals surface area contributed by atoms with E-state index < -0.39 is 4.92 Å². The highest BCUT2D eigenvalue weighted by molar-refractivity contribution is 8.00. The average Bonchev–Trinajstić information content (AvgIpc) is 3.00. The second-order valence-corrected chi connectivity index (χ2v) is 6.60. The number of hydrogen-bond acceptors (Lipinski definition) is 5. The van der Waals surface area contributed by atoms with Gasteiger partial charge in [0.1, 0.15) is 5.01 Å². The Morgan fingerprint density at radius 1 is 1.05 bits per heavy atom. The molecule has 0 radical (unpaired) electrons. The monoisotopic (exact) mass is 328 g/mol. The van der Waals surface area contributed by atoms with Crippen LogP contribution in [0.4, 0.5) is 5.69 Å². The number of aromatic nitrogens is 1. The average molecular weight is 328 g/mol. The Hall–Kier alpha value is -2.18. The molecule has 0 N–H and O–H groups in total. The first-order valence-corrected chi connectivity index (χ1v) is 8.58. The van der Waals surface area contributed by atoms with Gasteiger partial charge in [-0.05, 0) is 18.4 Å². The molecule has 22 heavy (non-hydrogen) atoms. The maximum atomic E-state index is 10.7. The molecule has 4 nitrogen and oxygen atoms in total. The van der Waals surface area contributed by atoms with Crippen molar-refractivity contribution >= 4 is 28.8 Å². The Morgan fingerprint density at radius 2 is 1.73 bits per heavy atom. The Labute approximate surface area is 136 Å². The number of rotatable bonds is 4. The fraction of sp³-hybridized carbons (Fsp3) is 0.0625. The summed E-state index contributed by atoms with van der Waals surface area (Å²) in [5, 5.41) is 11.6. The molecule has 0 aliphatic carbocycles. The lowest BCUT2D eigenvalue weighted by Crippen LogP contribution is -1.87. The van der Waals surface area contributed by atoms with Crippen molar-refractivity contribution in [3.63, 3.8) is 0 Å². The van der Waals surface area contributed by atoms with Gasteiger partial charge in [-0.15, -0.1) is 23.1 Å². The maximum Gasteiger partial charge on any atom is 0.269 e. The van der Waals surface area contributed by atoms with Crippen LogP contribution in [0.5, 0.6) is 0 Å². The van der Waals surface area contributed by atoms with Crippen LogP contribution in [-0.4, -0.2) is 16.2 Å². The summed E-state index contributed by atoms with van der Waals surface area (Å²) < 4.78 is 1.14. The van der Waals surface area contributed by atoms with Gasteiger partial charge in [-0.2, -0.15) is 0 Å². The second kappa shape index (κ2) is 6.29. The number of nitro benzene ring substituents is 1. The van der Waals surface area contributed by atoms with Gasteiger partial charge in [-0.25, -0.2) is 4.98 Å². The van der Waals surface area contributed by atoms with E-state index in [1.165, 1.54) is 12.1 Å². The summed E-state index contributed by atoms with van der Waals surface area (Å²) in [5.74, 6) is 0. The minimum absolute atomic E-state index is 0.0914. The molecule has 0 atom stereocenters. The van der Waals surface area contributed by atoms with Crippen LogP contribution in [0.3, 0.4) is 0 Å². The fourth-order valence-corrected chi connectivity index (χ4v) is 3.83. The highest BCUT2D eigenvalue weighted by atomic mass is 32.2. The first kappa shape index (κ1) is 14.7. The summed E-state index contributed by atoms with van der Waals surface area (Å²) >= 11 is 3.27. The van der Waals surface area contributed by atoms with Crippen molar-refractivity contribution in [3.8, 4) is 21.8 Å². The molecule has 3 aromatic rings.